The summed E-state index contributed by atoms with van der Waals surface area (Å²) < 4.78 is 0. The molecule has 0 aliphatic carbocycles. The highest BCUT2D eigenvalue weighted by molar-refractivity contribution is 7.10. The molecule has 0 spiro atoms. The standard InChI is InChI=1S/C12H17ClN2S/c13-9-5-12(16-8-9)7-15-4-3-10-1-2-11(6-15)14-10/h5,8,10-11,14H,1-4,6-7H2. The van der Waals surface area contributed by atoms with Crippen LogP contribution in [0.15, 0.2) is 11.4 Å². The zero-order valence-corrected chi connectivity index (χ0v) is 10.9. The van der Waals surface area contributed by atoms with Gasteiger partial charge in [0.25, 0.3) is 0 Å². The van der Waals surface area contributed by atoms with E-state index in [2.05, 4.69) is 16.3 Å². The van der Waals surface area contributed by atoms with Crippen LogP contribution >= 0.6 is 22.9 Å². The maximum Gasteiger partial charge on any atom is 0.0516 e. The van der Waals surface area contributed by atoms with Crippen LogP contribution in [0.25, 0.3) is 0 Å². The molecule has 88 valence electrons. The fourth-order valence-electron chi connectivity index (χ4n) is 2.82. The van der Waals surface area contributed by atoms with Gasteiger partial charge < -0.3 is 5.32 Å². The van der Waals surface area contributed by atoms with Gasteiger partial charge in [-0.15, -0.1) is 11.3 Å². The molecule has 2 bridgehead atoms. The third kappa shape index (κ3) is 2.43. The molecule has 0 radical (unpaired) electrons. The second-order valence-electron chi connectivity index (χ2n) is 4.89. The van der Waals surface area contributed by atoms with E-state index in [4.69, 9.17) is 11.6 Å². The van der Waals surface area contributed by atoms with Gasteiger partial charge in [-0.3, -0.25) is 4.90 Å². The minimum atomic E-state index is 0.725. The highest BCUT2D eigenvalue weighted by Gasteiger charge is 2.29. The maximum atomic E-state index is 5.95. The van der Waals surface area contributed by atoms with Gasteiger partial charge in [-0.2, -0.15) is 0 Å². The van der Waals surface area contributed by atoms with Gasteiger partial charge in [-0.05, 0) is 25.3 Å². The second-order valence-corrected chi connectivity index (χ2v) is 6.33. The van der Waals surface area contributed by atoms with Crippen molar-refractivity contribution in [2.24, 2.45) is 0 Å². The Balaban J connectivity index is 1.63. The fourth-order valence-corrected chi connectivity index (χ4v) is 3.93. The van der Waals surface area contributed by atoms with Gasteiger partial charge in [0.05, 0.1) is 5.02 Å². The summed E-state index contributed by atoms with van der Waals surface area (Å²) in [5.74, 6) is 0. The molecule has 1 aromatic rings. The van der Waals surface area contributed by atoms with Crippen molar-refractivity contribution < 1.29 is 0 Å². The molecular formula is C12H17ClN2S. The van der Waals surface area contributed by atoms with Crippen molar-refractivity contribution in [1.82, 2.24) is 10.2 Å². The van der Waals surface area contributed by atoms with Gasteiger partial charge in [0.1, 0.15) is 0 Å². The Bertz CT molecular complexity index is 366. The normalized spacial score (nSPS) is 30.6. The number of hydrogen-bond acceptors (Lipinski definition) is 3. The molecule has 2 atom stereocenters. The first-order chi connectivity index (χ1) is 7.79. The van der Waals surface area contributed by atoms with Gasteiger partial charge >= 0.3 is 0 Å². The van der Waals surface area contributed by atoms with Crippen molar-refractivity contribution in [3.63, 3.8) is 0 Å². The first kappa shape index (κ1) is 11.0. The van der Waals surface area contributed by atoms with Gasteiger partial charge in [0, 0.05) is 42.0 Å². The Kier molecular flexibility index (Phi) is 3.20. The zero-order chi connectivity index (χ0) is 11.0. The molecule has 1 aromatic heterocycles. The van der Waals surface area contributed by atoms with Crippen LogP contribution < -0.4 is 5.32 Å². The number of nitrogens with one attached hydrogen (secondary N) is 1. The summed E-state index contributed by atoms with van der Waals surface area (Å²) in [6, 6.07) is 3.60. The summed E-state index contributed by atoms with van der Waals surface area (Å²) >= 11 is 7.73. The largest absolute Gasteiger partial charge is 0.310 e. The SMILES string of the molecule is Clc1csc(CN2CCC3CCC(C2)N3)c1. The van der Waals surface area contributed by atoms with Crippen LogP contribution in [-0.4, -0.2) is 30.1 Å². The van der Waals surface area contributed by atoms with Crippen molar-refractivity contribution in [2.75, 3.05) is 13.1 Å². The number of hydrogen-bond donors (Lipinski definition) is 1. The monoisotopic (exact) mass is 256 g/mol. The van der Waals surface area contributed by atoms with Crippen molar-refractivity contribution in [3.05, 3.63) is 21.3 Å². The Labute approximate surface area is 106 Å². The van der Waals surface area contributed by atoms with Crippen molar-refractivity contribution >= 4 is 22.9 Å². The van der Waals surface area contributed by atoms with Gasteiger partial charge in [0.15, 0.2) is 0 Å². The van der Waals surface area contributed by atoms with Crippen LogP contribution in [0.4, 0.5) is 0 Å². The van der Waals surface area contributed by atoms with Gasteiger partial charge in [0.2, 0.25) is 0 Å². The number of likely N-dealkylation sites (tertiary alicyclic amines) is 1. The van der Waals surface area contributed by atoms with E-state index in [9.17, 15) is 0 Å². The molecule has 0 amide bonds. The summed E-state index contributed by atoms with van der Waals surface area (Å²) in [4.78, 5) is 3.96. The van der Waals surface area contributed by atoms with Crippen LogP contribution in [-0.2, 0) is 6.54 Å². The first-order valence-electron chi connectivity index (χ1n) is 6.01. The Morgan fingerprint density at radius 2 is 2.25 bits per heavy atom. The zero-order valence-electron chi connectivity index (χ0n) is 9.29. The number of thiophene rings is 1. The smallest absolute Gasteiger partial charge is 0.0516 e. The molecule has 1 N–H and O–H groups in total. The molecular weight excluding hydrogens is 240 g/mol. The second kappa shape index (κ2) is 4.65. The molecule has 3 heterocycles. The van der Waals surface area contributed by atoms with E-state index in [1.54, 1.807) is 11.3 Å². The molecule has 4 heteroatoms. The average Bonchev–Trinajstić information content (AvgIpc) is 2.77. The van der Waals surface area contributed by atoms with Gasteiger partial charge in [-0.1, -0.05) is 11.6 Å². The number of rotatable bonds is 2. The summed E-state index contributed by atoms with van der Waals surface area (Å²) in [5, 5.41) is 6.62. The number of nitrogens with zero attached hydrogens (tertiary/aromatic N) is 1. The quantitative estimate of drug-likeness (QED) is 0.875. The average molecular weight is 257 g/mol. The summed E-state index contributed by atoms with van der Waals surface area (Å²) in [7, 11) is 0. The summed E-state index contributed by atoms with van der Waals surface area (Å²) in [6.07, 6.45) is 4.03. The van der Waals surface area contributed by atoms with Crippen molar-refractivity contribution in [1.29, 1.82) is 0 Å². The molecule has 2 nitrogen and oxygen atoms in total. The topological polar surface area (TPSA) is 15.3 Å². The van der Waals surface area contributed by atoms with E-state index in [-0.39, 0.29) is 0 Å². The van der Waals surface area contributed by atoms with E-state index in [1.807, 2.05) is 5.38 Å². The first-order valence-corrected chi connectivity index (χ1v) is 7.27. The van der Waals surface area contributed by atoms with Gasteiger partial charge in [-0.25, -0.2) is 0 Å². The van der Waals surface area contributed by atoms with E-state index < -0.39 is 0 Å². The predicted octanol–water partition coefficient (Wildman–Crippen LogP) is 2.73. The lowest BCUT2D eigenvalue weighted by molar-refractivity contribution is 0.253. The highest BCUT2D eigenvalue weighted by Crippen LogP contribution is 2.24. The lowest BCUT2D eigenvalue weighted by Gasteiger charge is -2.23. The van der Waals surface area contributed by atoms with Crippen LogP contribution in [0.1, 0.15) is 24.1 Å². The summed E-state index contributed by atoms with van der Waals surface area (Å²) in [5.41, 5.74) is 0. The minimum absolute atomic E-state index is 0.725. The fraction of sp³-hybridized carbons (Fsp3) is 0.667. The van der Waals surface area contributed by atoms with Crippen LogP contribution in [0.3, 0.4) is 0 Å². The van der Waals surface area contributed by atoms with E-state index in [1.165, 1.54) is 37.2 Å². The summed E-state index contributed by atoms with van der Waals surface area (Å²) in [6.45, 7) is 3.50. The van der Waals surface area contributed by atoms with Crippen LogP contribution in [0.2, 0.25) is 5.02 Å². The van der Waals surface area contributed by atoms with E-state index >= 15 is 0 Å². The lowest BCUT2D eigenvalue weighted by Crippen LogP contribution is -2.34. The molecule has 2 aliphatic heterocycles. The Morgan fingerprint density at radius 3 is 3.06 bits per heavy atom. The molecule has 0 saturated carbocycles. The van der Waals surface area contributed by atoms with E-state index in [0.717, 1.165) is 23.7 Å². The van der Waals surface area contributed by atoms with Crippen molar-refractivity contribution in [2.45, 2.75) is 37.9 Å². The predicted molar refractivity (Wildman–Crippen MR) is 69.2 cm³/mol. The molecule has 2 unspecified atom stereocenters. The third-order valence-electron chi connectivity index (χ3n) is 3.61. The highest BCUT2D eigenvalue weighted by atomic mass is 35.5. The maximum absolute atomic E-state index is 5.95. The lowest BCUT2D eigenvalue weighted by atomic mass is 10.1. The number of halogens is 1. The molecule has 16 heavy (non-hydrogen) atoms. The minimum Gasteiger partial charge on any atom is -0.310 e. The van der Waals surface area contributed by atoms with Crippen LogP contribution in [0, 0.1) is 0 Å². The Hall–Kier alpha value is -0.0900. The van der Waals surface area contributed by atoms with Crippen molar-refractivity contribution in [3.8, 4) is 0 Å². The third-order valence-corrected chi connectivity index (χ3v) is 4.88. The van der Waals surface area contributed by atoms with E-state index in [0.29, 0.717) is 0 Å². The molecule has 3 rings (SSSR count). The molecule has 0 aromatic carbocycles. The molecule has 2 fully saturated rings. The molecule has 2 saturated heterocycles. The van der Waals surface area contributed by atoms with Crippen LogP contribution in [0.5, 0.6) is 0 Å². The number of fused-ring (bicyclic) bond motifs is 2. The Morgan fingerprint density at radius 1 is 1.38 bits per heavy atom. The molecule has 2 aliphatic rings.